The van der Waals surface area contributed by atoms with Gasteiger partial charge in [0.05, 0.1) is 40.6 Å². The van der Waals surface area contributed by atoms with Gasteiger partial charge in [-0.25, -0.2) is 4.90 Å². The Kier molecular flexibility index (Phi) is 8.76. The normalized spacial score (nSPS) is 23.0. The van der Waals surface area contributed by atoms with Crippen molar-refractivity contribution in [1.29, 1.82) is 0 Å². The maximum atomic E-state index is 13.2. The number of non-ortho nitro benzene ring substituents is 1. The molecule has 4 aromatic rings. The summed E-state index contributed by atoms with van der Waals surface area (Å²) in [6, 6.07) is 28.4. The van der Waals surface area contributed by atoms with Crippen LogP contribution in [-0.2, 0) is 16.1 Å². The third kappa shape index (κ3) is 6.09. The minimum atomic E-state index is -0.759. The summed E-state index contributed by atoms with van der Waals surface area (Å²) in [5.74, 6) is -0.743. The van der Waals surface area contributed by atoms with Crippen LogP contribution in [-0.4, -0.2) is 65.6 Å². The van der Waals surface area contributed by atoms with E-state index in [9.17, 15) is 24.8 Å². The number of piperazine rings is 1. The molecule has 4 unspecified atom stereocenters. The van der Waals surface area contributed by atoms with Crippen molar-refractivity contribution in [2.45, 2.75) is 32.0 Å². The Balaban J connectivity index is 1.11. The van der Waals surface area contributed by atoms with Gasteiger partial charge in [0.1, 0.15) is 0 Å². The van der Waals surface area contributed by atoms with Gasteiger partial charge in [-0.05, 0) is 47.5 Å². The molecule has 0 radical (unpaired) electrons. The summed E-state index contributed by atoms with van der Waals surface area (Å²) < 4.78 is 13.3. The molecule has 2 saturated heterocycles. The SMILES string of the molecule is CC1C(CN2CCN(c3ccc([N+](=O)[O-])cc3)CC2)OC(c2cccc(N3C(=O)c4ccccc4C3=O)c2)OC1c1ccc(CO)cc1. The number of rotatable bonds is 8. The average molecular weight is 649 g/mol. The summed E-state index contributed by atoms with van der Waals surface area (Å²) in [6.07, 6.45) is -1.28. The molecule has 4 atom stereocenters. The van der Waals surface area contributed by atoms with E-state index in [1.165, 1.54) is 17.0 Å². The van der Waals surface area contributed by atoms with E-state index in [4.69, 9.17) is 9.47 Å². The number of anilines is 2. The number of nitrogens with zero attached hydrogens (tertiary/aromatic N) is 4. The molecule has 11 heteroatoms. The first-order valence-electron chi connectivity index (χ1n) is 16.1. The van der Waals surface area contributed by atoms with Crippen LogP contribution in [0.1, 0.15) is 56.7 Å². The molecule has 0 saturated carbocycles. The van der Waals surface area contributed by atoms with Gasteiger partial charge in [0.15, 0.2) is 6.29 Å². The van der Waals surface area contributed by atoms with E-state index in [1.54, 1.807) is 54.6 Å². The number of carbonyl (C=O) groups is 2. The highest BCUT2D eigenvalue weighted by molar-refractivity contribution is 6.34. The van der Waals surface area contributed by atoms with Gasteiger partial charge in [0.25, 0.3) is 17.5 Å². The van der Waals surface area contributed by atoms with Crippen LogP contribution in [0.2, 0.25) is 0 Å². The van der Waals surface area contributed by atoms with E-state index in [0.29, 0.717) is 28.9 Å². The number of imide groups is 1. The van der Waals surface area contributed by atoms with Crippen molar-refractivity contribution < 1.29 is 29.1 Å². The lowest BCUT2D eigenvalue weighted by molar-refractivity contribution is -0.384. The van der Waals surface area contributed by atoms with Crippen LogP contribution < -0.4 is 9.80 Å². The summed E-state index contributed by atoms with van der Waals surface area (Å²) in [5, 5.41) is 20.7. The molecular weight excluding hydrogens is 612 g/mol. The number of aliphatic hydroxyl groups is 1. The maximum Gasteiger partial charge on any atom is 0.269 e. The van der Waals surface area contributed by atoms with Gasteiger partial charge < -0.3 is 19.5 Å². The first-order chi connectivity index (χ1) is 23.3. The van der Waals surface area contributed by atoms with Crippen molar-refractivity contribution in [3.05, 3.63) is 135 Å². The third-order valence-corrected chi connectivity index (χ3v) is 9.55. The molecule has 4 aromatic carbocycles. The molecule has 2 fully saturated rings. The first kappa shape index (κ1) is 31.6. The van der Waals surface area contributed by atoms with E-state index in [2.05, 4.69) is 16.7 Å². The van der Waals surface area contributed by atoms with Crippen LogP contribution in [0.5, 0.6) is 0 Å². The second kappa shape index (κ2) is 13.3. The van der Waals surface area contributed by atoms with E-state index >= 15 is 0 Å². The third-order valence-electron chi connectivity index (χ3n) is 9.55. The number of carbonyl (C=O) groups excluding carboxylic acids is 2. The Morgan fingerprint density at radius 2 is 1.46 bits per heavy atom. The molecule has 0 aromatic heterocycles. The van der Waals surface area contributed by atoms with Crippen molar-refractivity contribution in [3.63, 3.8) is 0 Å². The summed E-state index contributed by atoms with van der Waals surface area (Å²) >= 11 is 0. The van der Waals surface area contributed by atoms with E-state index < -0.39 is 6.29 Å². The zero-order valence-electron chi connectivity index (χ0n) is 26.5. The lowest BCUT2D eigenvalue weighted by atomic mass is 9.90. The Bertz CT molecular complexity index is 1790. The van der Waals surface area contributed by atoms with Gasteiger partial charge in [-0.3, -0.25) is 24.6 Å². The zero-order valence-corrected chi connectivity index (χ0v) is 26.5. The second-order valence-corrected chi connectivity index (χ2v) is 12.5. The summed E-state index contributed by atoms with van der Waals surface area (Å²) in [6.45, 7) is 5.86. The average Bonchev–Trinajstić information content (AvgIpc) is 3.38. The molecule has 11 nitrogen and oxygen atoms in total. The number of fused-ring (bicyclic) bond motifs is 1. The van der Waals surface area contributed by atoms with Crippen LogP contribution in [0.4, 0.5) is 17.1 Å². The fourth-order valence-corrected chi connectivity index (χ4v) is 6.79. The van der Waals surface area contributed by atoms with Crippen LogP contribution in [0.25, 0.3) is 0 Å². The molecule has 3 aliphatic rings. The molecule has 0 spiro atoms. The van der Waals surface area contributed by atoms with Crippen LogP contribution in [0, 0.1) is 16.0 Å². The number of nitro groups is 1. The fraction of sp³-hybridized carbons (Fsp3) is 0.297. The molecule has 3 heterocycles. The lowest BCUT2D eigenvalue weighted by Crippen LogP contribution is -2.51. The smallest absolute Gasteiger partial charge is 0.269 e. The van der Waals surface area contributed by atoms with Crippen LogP contribution in [0.3, 0.4) is 0 Å². The Labute approximate surface area is 278 Å². The van der Waals surface area contributed by atoms with Crippen molar-refractivity contribution in [1.82, 2.24) is 4.90 Å². The summed E-state index contributed by atoms with van der Waals surface area (Å²) in [4.78, 5) is 43.0. The highest BCUT2D eigenvalue weighted by Crippen LogP contribution is 2.43. The van der Waals surface area contributed by atoms with Crippen molar-refractivity contribution in [2.75, 3.05) is 42.5 Å². The van der Waals surface area contributed by atoms with Gasteiger partial charge in [-0.1, -0.05) is 55.5 Å². The number of amides is 2. The standard InChI is InChI=1S/C37H36N4O7/c1-24-33(22-38-17-19-39(20-18-38)28-13-15-29(16-14-28)41(45)46)47-37(48-34(24)26-11-9-25(23-42)10-12-26)27-5-4-6-30(21-27)40-35(43)31-7-2-3-8-32(31)36(40)44/h2-16,21,24,33-34,37,42H,17-20,22-23H2,1H3. The van der Waals surface area contributed by atoms with Crippen molar-refractivity contribution in [3.8, 4) is 0 Å². The second-order valence-electron chi connectivity index (χ2n) is 12.5. The molecule has 7 rings (SSSR count). The highest BCUT2D eigenvalue weighted by atomic mass is 16.7. The minimum absolute atomic E-state index is 0.0200. The monoisotopic (exact) mass is 648 g/mol. The number of aliphatic hydroxyl groups excluding tert-OH is 1. The van der Waals surface area contributed by atoms with Crippen LogP contribution in [0.15, 0.2) is 97.1 Å². The molecule has 48 heavy (non-hydrogen) atoms. The predicted octanol–water partition coefficient (Wildman–Crippen LogP) is 5.50. The Morgan fingerprint density at radius 3 is 2.08 bits per heavy atom. The molecule has 2 amide bonds. The Morgan fingerprint density at radius 1 is 0.792 bits per heavy atom. The first-order valence-corrected chi connectivity index (χ1v) is 16.1. The molecule has 246 valence electrons. The van der Waals surface area contributed by atoms with Gasteiger partial charge in [0.2, 0.25) is 0 Å². The highest BCUT2D eigenvalue weighted by Gasteiger charge is 2.41. The molecule has 0 bridgehead atoms. The van der Waals surface area contributed by atoms with Crippen molar-refractivity contribution in [2.24, 2.45) is 5.92 Å². The molecule has 1 N–H and O–H groups in total. The maximum absolute atomic E-state index is 13.2. The number of ether oxygens (including phenoxy) is 2. The van der Waals surface area contributed by atoms with E-state index in [1.807, 2.05) is 30.3 Å². The van der Waals surface area contributed by atoms with Gasteiger partial charge in [-0.15, -0.1) is 0 Å². The molecule has 0 aliphatic carbocycles. The van der Waals surface area contributed by atoms with Gasteiger partial charge in [-0.2, -0.15) is 0 Å². The van der Waals surface area contributed by atoms with E-state index in [0.717, 1.165) is 43.0 Å². The van der Waals surface area contributed by atoms with Crippen LogP contribution >= 0.6 is 0 Å². The number of nitro benzene ring substituents is 1. The largest absolute Gasteiger partial charge is 0.392 e. The Hall–Kier alpha value is -4.94. The summed E-state index contributed by atoms with van der Waals surface area (Å²) in [5.41, 5.74) is 4.73. The summed E-state index contributed by atoms with van der Waals surface area (Å²) in [7, 11) is 0. The minimum Gasteiger partial charge on any atom is -0.392 e. The number of hydrogen-bond acceptors (Lipinski definition) is 9. The van der Waals surface area contributed by atoms with Gasteiger partial charge in [0, 0.05) is 62.0 Å². The quantitative estimate of drug-likeness (QED) is 0.150. The predicted molar refractivity (Wildman–Crippen MR) is 179 cm³/mol. The fourth-order valence-electron chi connectivity index (χ4n) is 6.79. The lowest BCUT2D eigenvalue weighted by Gasteiger charge is -2.44. The molecular formula is C37H36N4O7. The topological polar surface area (TPSA) is 126 Å². The van der Waals surface area contributed by atoms with Gasteiger partial charge >= 0.3 is 0 Å². The zero-order chi connectivity index (χ0) is 33.4. The van der Waals surface area contributed by atoms with E-state index in [-0.39, 0.29) is 47.2 Å². The number of hydrogen-bond donors (Lipinski definition) is 1. The van der Waals surface area contributed by atoms with Crippen molar-refractivity contribution >= 4 is 28.9 Å². The molecule has 3 aliphatic heterocycles. The number of benzene rings is 4.